The Morgan fingerprint density at radius 3 is 2.90 bits per heavy atom. The van der Waals surface area contributed by atoms with Gasteiger partial charge in [-0.2, -0.15) is 5.10 Å². The number of carbonyl (C=O) groups is 1. The Hall–Kier alpha value is -2.30. The van der Waals surface area contributed by atoms with Gasteiger partial charge in [-0.1, -0.05) is 30.3 Å². The van der Waals surface area contributed by atoms with E-state index in [1.54, 1.807) is 15.6 Å². The first-order chi connectivity index (χ1) is 10.3. The fourth-order valence-electron chi connectivity index (χ4n) is 2.46. The maximum atomic E-state index is 12.6. The number of benzene rings is 1. The monoisotopic (exact) mass is 285 g/mol. The van der Waals surface area contributed by atoms with Crippen LogP contribution in [-0.4, -0.2) is 33.7 Å². The predicted molar refractivity (Wildman–Crippen MR) is 79.2 cm³/mol. The molecule has 0 spiro atoms. The van der Waals surface area contributed by atoms with Crippen LogP contribution in [0, 0.1) is 0 Å². The molecule has 0 aliphatic carbocycles. The van der Waals surface area contributed by atoms with Gasteiger partial charge >= 0.3 is 0 Å². The number of fused-ring (bicyclic) bond motifs is 1. The van der Waals surface area contributed by atoms with Gasteiger partial charge in [0.05, 0.1) is 6.61 Å². The number of hydrogen-bond donors (Lipinski definition) is 0. The van der Waals surface area contributed by atoms with Crippen LogP contribution in [0.15, 0.2) is 36.4 Å². The molecular formula is C16H19N3O2. The van der Waals surface area contributed by atoms with Gasteiger partial charge in [-0.3, -0.25) is 4.79 Å². The number of nitrogens with zero attached hydrogens (tertiary/aromatic N) is 3. The van der Waals surface area contributed by atoms with Gasteiger partial charge in [-0.25, -0.2) is 4.68 Å². The summed E-state index contributed by atoms with van der Waals surface area (Å²) in [5.41, 5.74) is 1.58. The number of carbonyl (C=O) groups excluding carboxylic acids is 1. The molecule has 0 N–H and O–H groups in total. The summed E-state index contributed by atoms with van der Waals surface area (Å²) in [4.78, 5) is 14.4. The summed E-state index contributed by atoms with van der Waals surface area (Å²) in [6.07, 6.45) is 0.934. The van der Waals surface area contributed by atoms with Crippen molar-refractivity contribution in [3.8, 4) is 5.88 Å². The summed E-state index contributed by atoms with van der Waals surface area (Å²) in [7, 11) is 0. The van der Waals surface area contributed by atoms with Crippen molar-refractivity contribution in [2.24, 2.45) is 0 Å². The third kappa shape index (κ3) is 2.91. The van der Waals surface area contributed by atoms with E-state index in [9.17, 15) is 4.79 Å². The van der Waals surface area contributed by atoms with Crippen LogP contribution in [0.3, 0.4) is 0 Å². The third-order valence-corrected chi connectivity index (χ3v) is 3.61. The van der Waals surface area contributed by atoms with Crippen LogP contribution in [0.2, 0.25) is 0 Å². The molecule has 0 atom stereocenters. The summed E-state index contributed by atoms with van der Waals surface area (Å²) in [5, 5.41) is 4.36. The second kappa shape index (κ2) is 5.99. The molecule has 2 aromatic rings. The van der Waals surface area contributed by atoms with Crippen LogP contribution in [0.4, 0.5) is 0 Å². The van der Waals surface area contributed by atoms with E-state index in [0.29, 0.717) is 31.3 Å². The summed E-state index contributed by atoms with van der Waals surface area (Å²) in [5.74, 6) is 0.646. The maximum Gasteiger partial charge on any atom is 0.274 e. The summed E-state index contributed by atoms with van der Waals surface area (Å²) >= 11 is 0. The first kappa shape index (κ1) is 13.7. The van der Waals surface area contributed by atoms with Crippen LogP contribution in [0.1, 0.15) is 29.4 Å². The van der Waals surface area contributed by atoms with Gasteiger partial charge in [0.25, 0.3) is 5.91 Å². The molecule has 110 valence electrons. The molecule has 0 saturated carbocycles. The molecule has 0 unspecified atom stereocenters. The highest BCUT2D eigenvalue weighted by atomic mass is 16.5. The van der Waals surface area contributed by atoms with E-state index < -0.39 is 0 Å². The lowest BCUT2D eigenvalue weighted by molar-refractivity contribution is 0.0745. The molecule has 1 aromatic carbocycles. The molecule has 0 fully saturated rings. The smallest absolute Gasteiger partial charge is 0.274 e. The van der Waals surface area contributed by atoms with E-state index in [1.165, 1.54) is 0 Å². The molecule has 0 bridgehead atoms. The lowest BCUT2D eigenvalue weighted by atomic mass is 10.2. The number of amides is 1. The van der Waals surface area contributed by atoms with Gasteiger partial charge in [0.15, 0.2) is 5.69 Å². The van der Waals surface area contributed by atoms with Crippen LogP contribution in [-0.2, 0) is 13.1 Å². The van der Waals surface area contributed by atoms with Gasteiger partial charge in [0.1, 0.15) is 0 Å². The van der Waals surface area contributed by atoms with Crippen molar-refractivity contribution < 1.29 is 9.53 Å². The standard InChI is InChI=1S/C16H19N3O2/c1-2-18(12-13-7-4-3-5-8-13)16(20)14-11-15-19(17-14)9-6-10-21-15/h3-5,7-8,11H,2,6,9-10,12H2,1H3. The summed E-state index contributed by atoms with van der Waals surface area (Å²) in [6.45, 7) is 4.73. The Morgan fingerprint density at radius 2 is 2.19 bits per heavy atom. The SMILES string of the molecule is CCN(Cc1ccccc1)C(=O)c1cc2n(n1)CCCO2. The van der Waals surface area contributed by atoms with E-state index in [4.69, 9.17) is 4.74 Å². The van der Waals surface area contributed by atoms with Gasteiger partial charge in [0.2, 0.25) is 5.88 Å². The van der Waals surface area contributed by atoms with E-state index in [1.807, 2.05) is 37.3 Å². The Labute approximate surface area is 124 Å². The highest BCUT2D eigenvalue weighted by Crippen LogP contribution is 2.19. The normalized spacial score (nSPS) is 13.4. The lowest BCUT2D eigenvalue weighted by Gasteiger charge is -2.19. The molecule has 2 heterocycles. The number of hydrogen-bond acceptors (Lipinski definition) is 3. The Kier molecular flexibility index (Phi) is 3.90. The van der Waals surface area contributed by atoms with Crippen molar-refractivity contribution in [3.63, 3.8) is 0 Å². The largest absolute Gasteiger partial charge is 0.478 e. The fourth-order valence-corrected chi connectivity index (χ4v) is 2.46. The molecule has 1 aliphatic heterocycles. The van der Waals surface area contributed by atoms with Crippen molar-refractivity contribution >= 4 is 5.91 Å². The zero-order valence-electron chi connectivity index (χ0n) is 12.2. The van der Waals surface area contributed by atoms with Gasteiger partial charge in [0, 0.05) is 32.1 Å². The van der Waals surface area contributed by atoms with Crippen molar-refractivity contribution in [2.75, 3.05) is 13.2 Å². The Morgan fingerprint density at radius 1 is 1.38 bits per heavy atom. The molecule has 1 aromatic heterocycles. The van der Waals surface area contributed by atoms with Gasteiger partial charge in [-0.15, -0.1) is 0 Å². The van der Waals surface area contributed by atoms with Crippen molar-refractivity contribution in [1.29, 1.82) is 0 Å². The molecule has 21 heavy (non-hydrogen) atoms. The Balaban J connectivity index is 1.77. The second-order valence-electron chi connectivity index (χ2n) is 5.10. The number of rotatable bonds is 4. The van der Waals surface area contributed by atoms with Crippen LogP contribution < -0.4 is 4.74 Å². The molecule has 1 amide bonds. The molecule has 3 rings (SSSR count). The first-order valence-corrected chi connectivity index (χ1v) is 7.32. The van der Waals surface area contributed by atoms with E-state index in [-0.39, 0.29) is 5.91 Å². The summed E-state index contributed by atoms with van der Waals surface area (Å²) in [6, 6.07) is 11.7. The molecule has 5 heteroatoms. The average Bonchev–Trinajstić information content (AvgIpc) is 2.97. The minimum atomic E-state index is -0.0492. The fraction of sp³-hybridized carbons (Fsp3) is 0.375. The van der Waals surface area contributed by atoms with Crippen LogP contribution in [0.25, 0.3) is 0 Å². The Bertz CT molecular complexity index is 598. The van der Waals surface area contributed by atoms with Gasteiger partial charge in [-0.05, 0) is 12.5 Å². The quantitative estimate of drug-likeness (QED) is 0.866. The molecule has 0 radical (unpaired) electrons. The van der Waals surface area contributed by atoms with E-state index >= 15 is 0 Å². The van der Waals surface area contributed by atoms with Gasteiger partial charge < -0.3 is 9.64 Å². The molecular weight excluding hydrogens is 266 g/mol. The maximum absolute atomic E-state index is 12.6. The lowest BCUT2D eigenvalue weighted by Crippen LogP contribution is -2.30. The molecule has 1 aliphatic rings. The predicted octanol–water partition coefficient (Wildman–Crippen LogP) is 2.33. The highest BCUT2D eigenvalue weighted by Gasteiger charge is 2.21. The highest BCUT2D eigenvalue weighted by molar-refractivity contribution is 5.92. The van der Waals surface area contributed by atoms with E-state index in [2.05, 4.69) is 5.10 Å². The average molecular weight is 285 g/mol. The number of ether oxygens (including phenoxy) is 1. The zero-order valence-corrected chi connectivity index (χ0v) is 12.2. The van der Waals surface area contributed by atoms with Crippen LogP contribution >= 0.6 is 0 Å². The van der Waals surface area contributed by atoms with Crippen molar-refractivity contribution in [3.05, 3.63) is 47.7 Å². The van der Waals surface area contributed by atoms with E-state index in [0.717, 1.165) is 18.5 Å². The third-order valence-electron chi connectivity index (χ3n) is 3.61. The number of aryl methyl sites for hydroxylation is 1. The molecule has 5 nitrogen and oxygen atoms in total. The van der Waals surface area contributed by atoms with Crippen molar-refractivity contribution in [1.82, 2.24) is 14.7 Å². The van der Waals surface area contributed by atoms with Crippen molar-refractivity contribution in [2.45, 2.75) is 26.4 Å². The molecule has 0 saturated heterocycles. The topological polar surface area (TPSA) is 47.4 Å². The first-order valence-electron chi connectivity index (χ1n) is 7.32. The second-order valence-corrected chi connectivity index (χ2v) is 5.10. The zero-order chi connectivity index (χ0) is 14.7. The summed E-state index contributed by atoms with van der Waals surface area (Å²) < 4.78 is 7.29. The minimum absolute atomic E-state index is 0.0492. The van der Waals surface area contributed by atoms with Crippen LogP contribution in [0.5, 0.6) is 5.88 Å². The minimum Gasteiger partial charge on any atom is -0.478 e. The number of aromatic nitrogens is 2.